The van der Waals surface area contributed by atoms with Crippen LogP contribution in [0.2, 0.25) is 0 Å². The lowest BCUT2D eigenvalue weighted by Gasteiger charge is -2.48. The van der Waals surface area contributed by atoms with E-state index in [1.54, 1.807) is 29.6 Å². The Kier molecular flexibility index (Phi) is 4.82. The predicted octanol–water partition coefficient (Wildman–Crippen LogP) is 1.43. The van der Waals surface area contributed by atoms with Crippen molar-refractivity contribution < 1.29 is 24.6 Å². The second-order valence-corrected chi connectivity index (χ2v) is 8.22. The van der Waals surface area contributed by atoms with E-state index in [1.165, 1.54) is 34.1 Å². The maximum atomic E-state index is 12.4. The Morgan fingerprint density at radius 3 is 2.86 bits per heavy atom. The van der Waals surface area contributed by atoms with Gasteiger partial charge in [0, 0.05) is 11.1 Å². The van der Waals surface area contributed by atoms with Crippen molar-refractivity contribution in [1.29, 1.82) is 0 Å². The lowest BCUT2D eigenvalue weighted by atomic mass is 10.0. The number of hydrogen-bond acceptors (Lipinski definition) is 7. The maximum absolute atomic E-state index is 12.4. The van der Waals surface area contributed by atoms with Crippen LogP contribution in [0, 0.1) is 0 Å². The molecule has 1 saturated heterocycles. The number of carbonyl (C=O) groups excluding carboxylic acids is 2. The van der Waals surface area contributed by atoms with Gasteiger partial charge in [0.15, 0.2) is 0 Å². The van der Waals surface area contributed by atoms with Crippen LogP contribution in [0.4, 0.5) is 0 Å². The minimum Gasteiger partial charge on any atom is -0.507 e. The highest BCUT2D eigenvalue weighted by atomic mass is 32.2. The van der Waals surface area contributed by atoms with Crippen LogP contribution >= 0.6 is 23.1 Å². The number of phenolic OH excluding ortho intramolecular Hbond substituents is 1. The molecule has 144 valence electrons. The van der Waals surface area contributed by atoms with Crippen LogP contribution in [0.3, 0.4) is 0 Å². The summed E-state index contributed by atoms with van der Waals surface area (Å²) in [5, 5.41) is 23.7. The van der Waals surface area contributed by atoms with E-state index in [0.29, 0.717) is 22.0 Å². The summed E-state index contributed by atoms with van der Waals surface area (Å²) in [4.78, 5) is 41.4. The van der Waals surface area contributed by atoms with Gasteiger partial charge in [-0.25, -0.2) is 9.78 Å². The summed E-state index contributed by atoms with van der Waals surface area (Å²) in [7, 11) is 0. The van der Waals surface area contributed by atoms with Crippen molar-refractivity contribution in [2.45, 2.75) is 17.8 Å². The van der Waals surface area contributed by atoms with E-state index in [0.717, 1.165) is 0 Å². The standard InChI is InChI=1S/C18H15N3O5S2/c22-12-4-2-1-3-10(12)15-19-9(8-28-15)7-13(23)20-14-16(24)21-11(18(25)26)5-6-27-17(14)21/h1-5,8,14,17,22H,6-7H2,(H,20,23)(H,25,26)/t14-,17-/m1/s1. The van der Waals surface area contributed by atoms with Crippen molar-refractivity contribution in [3.8, 4) is 16.3 Å². The van der Waals surface area contributed by atoms with E-state index in [4.69, 9.17) is 0 Å². The van der Waals surface area contributed by atoms with Crippen LogP contribution in [0.25, 0.3) is 10.6 Å². The molecule has 0 radical (unpaired) electrons. The largest absolute Gasteiger partial charge is 0.507 e. The molecule has 0 bridgehead atoms. The Hall–Kier alpha value is -2.85. The van der Waals surface area contributed by atoms with E-state index < -0.39 is 23.3 Å². The first-order chi connectivity index (χ1) is 13.5. The molecule has 1 aromatic heterocycles. The number of rotatable bonds is 5. The number of β-lactam (4-membered cyclic amide) rings is 1. The highest BCUT2D eigenvalue weighted by molar-refractivity contribution is 8.00. The normalized spacial score (nSPS) is 20.8. The molecule has 4 rings (SSSR count). The zero-order valence-electron chi connectivity index (χ0n) is 14.4. The molecule has 0 unspecified atom stereocenters. The van der Waals surface area contributed by atoms with Crippen LogP contribution in [-0.4, -0.2) is 55.0 Å². The summed E-state index contributed by atoms with van der Waals surface area (Å²) < 4.78 is 0. The molecule has 8 nitrogen and oxygen atoms in total. The summed E-state index contributed by atoms with van der Waals surface area (Å²) in [6.07, 6.45) is 1.49. The van der Waals surface area contributed by atoms with Crippen molar-refractivity contribution in [1.82, 2.24) is 15.2 Å². The predicted molar refractivity (Wildman–Crippen MR) is 104 cm³/mol. The molecule has 2 aromatic rings. The third-order valence-corrected chi connectivity index (χ3v) is 6.52. The fraction of sp³-hybridized carbons (Fsp3) is 0.222. The zero-order chi connectivity index (χ0) is 19.8. The van der Waals surface area contributed by atoms with E-state index in [-0.39, 0.29) is 23.8 Å². The summed E-state index contributed by atoms with van der Waals surface area (Å²) in [5.74, 6) is -1.35. The van der Waals surface area contributed by atoms with Gasteiger partial charge in [0.2, 0.25) is 5.91 Å². The van der Waals surface area contributed by atoms with Gasteiger partial charge in [-0.3, -0.25) is 14.5 Å². The Bertz CT molecular complexity index is 1000. The molecule has 0 spiro atoms. The van der Waals surface area contributed by atoms with Crippen LogP contribution < -0.4 is 5.32 Å². The molecule has 2 atom stereocenters. The SMILES string of the molecule is O=C(Cc1csc(-c2ccccc2O)n1)N[C@@H]1C(=O)N2C(C(=O)O)=CCS[C@H]12. The number of nitrogens with zero attached hydrogens (tertiary/aromatic N) is 2. The third kappa shape index (κ3) is 3.25. The number of carboxylic acid groups (broad SMARTS) is 1. The zero-order valence-corrected chi connectivity index (χ0v) is 16.0. The molecule has 2 aliphatic rings. The monoisotopic (exact) mass is 417 g/mol. The minimum absolute atomic E-state index is 0.00705. The molecule has 28 heavy (non-hydrogen) atoms. The van der Waals surface area contributed by atoms with E-state index >= 15 is 0 Å². The molecule has 3 heterocycles. The van der Waals surface area contributed by atoms with Gasteiger partial charge in [0.25, 0.3) is 5.91 Å². The fourth-order valence-corrected chi connectivity index (χ4v) is 5.14. The molecule has 0 aliphatic carbocycles. The number of thioether (sulfide) groups is 1. The number of carboxylic acids is 1. The number of nitrogens with one attached hydrogen (secondary N) is 1. The first-order valence-electron chi connectivity index (χ1n) is 8.36. The Labute approximate surface area is 167 Å². The first-order valence-corrected chi connectivity index (χ1v) is 10.3. The van der Waals surface area contributed by atoms with Crippen LogP contribution in [0.1, 0.15) is 5.69 Å². The van der Waals surface area contributed by atoms with Crippen molar-refractivity contribution >= 4 is 40.9 Å². The van der Waals surface area contributed by atoms with Gasteiger partial charge in [-0.15, -0.1) is 23.1 Å². The average molecular weight is 417 g/mol. The van der Waals surface area contributed by atoms with Crippen LogP contribution in [0.15, 0.2) is 41.4 Å². The number of aromatic hydroxyl groups is 1. The summed E-state index contributed by atoms with van der Waals surface area (Å²) >= 11 is 2.72. The van der Waals surface area contributed by atoms with Crippen molar-refractivity contribution in [2.24, 2.45) is 0 Å². The van der Waals surface area contributed by atoms with Gasteiger partial charge in [0.05, 0.1) is 17.7 Å². The molecule has 0 saturated carbocycles. The number of benzene rings is 1. The molecule has 10 heteroatoms. The van der Waals surface area contributed by atoms with Gasteiger partial charge in [-0.2, -0.15) is 0 Å². The van der Waals surface area contributed by atoms with Crippen molar-refractivity contribution in [3.63, 3.8) is 0 Å². The number of hydrogen-bond donors (Lipinski definition) is 3. The van der Waals surface area contributed by atoms with Gasteiger partial charge in [-0.05, 0) is 18.2 Å². The lowest BCUT2D eigenvalue weighted by molar-refractivity contribution is -0.150. The number of fused-ring (bicyclic) bond motifs is 1. The van der Waals surface area contributed by atoms with Crippen molar-refractivity contribution in [2.75, 3.05) is 5.75 Å². The van der Waals surface area contributed by atoms with Crippen LogP contribution in [-0.2, 0) is 20.8 Å². The number of thiazole rings is 1. The van der Waals surface area contributed by atoms with E-state index in [2.05, 4.69) is 10.3 Å². The first kappa shape index (κ1) is 18.5. The smallest absolute Gasteiger partial charge is 0.352 e. The molecule has 2 amide bonds. The summed E-state index contributed by atoms with van der Waals surface area (Å²) in [5.41, 5.74) is 1.09. The van der Waals surface area contributed by atoms with Crippen LogP contribution in [0.5, 0.6) is 5.75 Å². The number of para-hydroxylation sites is 1. The second-order valence-electron chi connectivity index (χ2n) is 6.21. The van der Waals surface area contributed by atoms with Gasteiger partial charge >= 0.3 is 5.97 Å². The number of carbonyl (C=O) groups is 3. The highest BCUT2D eigenvalue weighted by Crippen LogP contribution is 2.37. The van der Waals surface area contributed by atoms with Gasteiger partial charge < -0.3 is 15.5 Å². The Morgan fingerprint density at radius 2 is 2.11 bits per heavy atom. The topological polar surface area (TPSA) is 120 Å². The summed E-state index contributed by atoms with van der Waals surface area (Å²) in [6, 6.07) is 6.08. The highest BCUT2D eigenvalue weighted by Gasteiger charge is 2.52. The minimum atomic E-state index is -1.15. The molecule has 1 fully saturated rings. The van der Waals surface area contributed by atoms with Gasteiger partial charge in [-0.1, -0.05) is 12.1 Å². The maximum Gasteiger partial charge on any atom is 0.352 e. The second kappa shape index (κ2) is 7.28. The number of aromatic nitrogens is 1. The number of phenols is 1. The lowest BCUT2D eigenvalue weighted by Crippen LogP contribution is -2.70. The number of amides is 2. The summed E-state index contributed by atoms with van der Waals surface area (Å²) in [6.45, 7) is 0. The fourth-order valence-electron chi connectivity index (χ4n) is 3.09. The molecular formula is C18H15N3O5S2. The molecule has 1 aromatic carbocycles. The molecule has 2 aliphatic heterocycles. The molecular weight excluding hydrogens is 402 g/mol. The van der Waals surface area contributed by atoms with E-state index in [1.807, 2.05) is 0 Å². The van der Waals surface area contributed by atoms with Crippen molar-refractivity contribution in [3.05, 3.63) is 47.1 Å². The number of aliphatic carboxylic acids is 1. The average Bonchev–Trinajstić information content (AvgIpc) is 3.13. The quantitative estimate of drug-likeness (QED) is 0.630. The Balaban J connectivity index is 1.40. The molecule has 3 N–H and O–H groups in total. The Morgan fingerprint density at radius 1 is 1.32 bits per heavy atom. The van der Waals surface area contributed by atoms with Gasteiger partial charge in [0.1, 0.15) is 27.9 Å². The van der Waals surface area contributed by atoms with E-state index in [9.17, 15) is 24.6 Å². The third-order valence-electron chi connectivity index (χ3n) is 4.41.